The second kappa shape index (κ2) is 8.51. The number of halogens is 1. The van der Waals surface area contributed by atoms with E-state index in [1.165, 1.54) is 25.9 Å². The van der Waals surface area contributed by atoms with Crippen LogP contribution in [0.25, 0.3) is 0 Å². The van der Waals surface area contributed by atoms with Crippen molar-refractivity contribution in [2.45, 2.75) is 19.8 Å². The van der Waals surface area contributed by atoms with E-state index in [0.717, 1.165) is 23.2 Å². The van der Waals surface area contributed by atoms with Crippen LogP contribution in [-0.2, 0) is 4.79 Å². The van der Waals surface area contributed by atoms with Crippen LogP contribution < -0.4 is 10.6 Å². The highest BCUT2D eigenvalue weighted by molar-refractivity contribution is 9.10. The van der Waals surface area contributed by atoms with Crippen LogP contribution in [0.5, 0.6) is 0 Å². The van der Waals surface area contributed by atoms with Crippen LogP contribution >= 0.6 is 15.9 Å². The lowest BCUT2D eigenvalue weighted by molar-refractivity contribution is -0.115. The molecule has 1 heterocycles. The number of rotatable bonds is 7. The summed E-state index contributed by atoms with van der Waals surface area (Å²) in [6.45, 7) is 7.04. The third-order valence-corrected chi connectivity index (χ3v) is 4.39. The summed E-state index contributed by atoms with van der Waals surface area (Å²) in [5, 5.41) is 6.14. The predicted octanol–water partition coefficient (Wildman–Crippen LogP) is 2.71. The quantitative estimate of drug-likeness (QED) is 0.791. The van der Waals surface area contributed by atoms with Gasteiger partial charge in [-0.25, -0.2) is 0 Å². The highest BCUT2D eigenvalue weighted by Gasteiger charge is 2.14. The molecule has 1 saturated heterocycles. The van der Waals surface area contributed by atoms with E-state index in [0.29, 0.717) is 12.5 Å². The number of carbonyl (C=O) groups excluding carboxylic acids is 1. The second-order valence-electron chi connectivity index (χ2n) is 5.77. The van der Waals surface area contributed by atoms with Gasteiger partial charge in [0.25, 0.3) is 0 Å². The number of benzene rings is 1. The smallest absolute Gasteiger partial charge is 0.238 e. The zero-order valence-corrected chi connectivity index (χ0v) is 14.2. The van der Waals surface area contributed by atoms with Gasteiger partial charge in [-0.15, -0.1) is 0 Å². The number of para-hydroxylation sites is 1. The van der Waals surface area contributed by atoms with Crippen molar-refractivity contribution in [3.05, 3.63) is 28.7 Å². The maximum Gasteiger partial charge on any atom is 0.238 e. The van der Waals surface area contributed by atoms with Gasteiger partial charge in [0, 0.05) is 11.0 Å². The largest absolute Gasteiger partial charge is 0.324 e. The minimum atomic E-state index is -0.00438. The van der Waals surface area contributed by atoms with Gasteiger partial charge in [0.15, 0.2) is 0 Å². The molecule has 1 unspecified atom stereocenters. The van der Waals surface area contributed by atoms with E-state index in [2.05, 4.69) is 38.4 Å². The molecule has 0 aliphatic carbocycles. The van der Waals surface area contributed by atoms with Gasteiger partial charge in [-0.1, -0.05) is 19.1 Å². The van der Waals surface area contributed by atoms with Crippen LogP contribution in [0.3, 0.4) is 0 Å². The minimum Gasteiger partial charge on any atom is -0.324 e. The van der Waals surface area contributed by atoms with Crippen LogP contribution in [0.2, 0.25) is 0 Å². The van der Waals surface area contributed by atoms with Gasteiger partial charge in [0.05, 0.1) is 12.2 Å². The van der Waals surface area contributed by atoms with E-state index in [4.69, 9.17) is 0 Å². The molecule has 1 aliphatic heterocycles. The Labute approximate surface area is 135 Å². The predicted molar refractivity (Wildman–Crippen MR) is 90.5 cm³/mol. The van der Waals surface area contributed by atoms with Crippen LogP contribution in [0.4, 0.5) is 5.69 Å². The first-order valence-electron chi connectivity index (χ1n) is 7.62. The van der Waals surface area contributed by atoms with Crippen LogP contribution in [0.15, 0.2) is 28.7 Å². The lowest BCUT2D eigenvalue weighted by Gasteiger charge is -2.20. The number of nitrogens with one attached hydrogen (secondary N) is 2. The molecule has 4 nitrogen and oxygen atoms in total. The zero-order valence-electron chi connectivity index (χ0n) is 12.6. The molecule has 0 aromatic heterocycles. The topological polar surface area (TPSA) is 44.4 Å². The van der Waals surface area contributed by atoms with Crippen molar-refractivity contribution in [1.82, 2.24) is 10.2 Å². The molecule has 21 heavy (non-hydrogen) atoms. The molecule has 1 fully saturated rings. The lowest BCUT2D eigenvalue weighted by atomic mass is 10.1. The normalized spacial score (nSPS) is 16.9. The van der Waals surface area contributed by atoms with Gasteiger partial charge < -0.3 is 15.5 Å². The molecule has 1 aromatic carbocycles. The number of likely N-dealkylation sites (tertiary alicyclic amines) is 1. The molecular weight excluding hydrogens is 330 g/mol. The Morgan fingerprint density at radius 1 is 1.33 bits per heavy atom. The number of hydrogen-bond donors (Lipinski definition) is 2. The highest BCUT2D eigenvalue weighted by atomic mass is 79.9. The molecule has 1 amide bonds. The Morgan fingerprint density at radius 3 is 2.76 bits per heavy atom. The standard InChI is InChI=1S/C16H24BrN3O/c1-13(12-20-8-4-5-9-20)10-18-11-16(21)19-15-7-3-2-6-14(15)17/h2-3,6-7,13,18H,4-5,8-12H2,1H3,(H,19,21). The second-order valence-corrected chi connectivity index (χ2v) is 6.63. The molecule has 0 radical (unpaired) electrons. The summed E-state index contributed by atoms with van der Waals surface area (Å²) in [5.41, 5.74) is 0.814. The summed E-state index contributed by atoms with van der Waals surface area (Å²) < 4.78 is 0.903. The fourth-order valence-electron chi connectivity index (χ4n) is 2.66. The SMILES string of the molecule is CC(CNCC(=O)Nc1ccccc1Br)CN1CCCC1. The van der Waals surface area contributed by atoms with Crippen molar-refractivity contribution in [1.29, 1.82) is 0 Å². The fraction of sp³-hybridized carbons (Fsp3) is 0.562. The Bertz CT molecular complexity index is 461. The molecule has 0 saturated carbocycles. The van der Waals surface area contributed by atoms with Gasteiger partial charge in [0.2, 0.25) is 5.91 Å². The number of carbonyl (C=O) groups is 1. The van der Waals surface area contributed by atoms with E-state index in [-0.39, 0.29) is 5.91 Å². The minimum absolute atomic E-state index is 0.00438. The van der Waals surface area contributed by atoms with E-state index in [1.807, 2.05) is 24.3 Å². The van der Waals surface area contributed by atoms with Gasteiger partial charge >= 0.3 is 0 Å². The Hall–Kier alpha value is -0.910. The lowest BCUT2D eigenvalue weighted by Crippen LogP contribution is -2.35. The van der Waals surface area contributed by atoms with Gasteiger partial charge in [0.1, 0.15) is 0 Å². The summed E-state index contributed by atoms with van der Waals surface area (Å²) in [6, 6.07) is 7.64. The molecule has 5 heteroatoms. The maximum atomic E-state index is 11.9. The molecule has 1 aliphatic rings. The van der Waals surface area contributed by atoms with Crippen molar-refractivity contribution >= 4 is 27.5 Å². The Kier molecular flexibility index (Phi) is 6.67. The van der Waals surface area contributed by atoms with Crippen molar-refractivity contribution < 1.29 is 4.79 Å². The fourth-order valence-corrected chi connectivity index (χ4v) is 3.04. The Morgan fingerprint density at radius 2 is 2.05 bits per heavy atom. The summed E-state index contributed by atoms with van der Waals surface area (Å²) in [5.74, 6) is 0.564. The average molecular weight is 354 g/mol. The molecular formula is C16H24BrN3O. The van der Waals surface area contributed by atoms with Gasteiger partial charge in [-0.2, -0.15) is 0 Å². The summed E-state index contributed by atoms with van der Waals surface area (Å²) in [7, 11) is 0. The first-order chi connectivity index (χ1) is 10.1. The van der Waals surface area contributed by atoms with Gasteiger partial charge in [-0.3, -0.25) is 4.79 Å². The highest BCUT2D eigenvalue weighted by Crippen LogP contribution is 2.20. The summed E-state index contributed by atoms with van der Waals surface area (Å²) in [6.07, 6.45) is 2.66. The first kappa shape index (κ1) is 16.5. The average Bonchev–Trinajstić information content (AvgIpc) is 2.94. The number of nitrogens with zero attached hydrogens (tertiary/aromatic N) is 1. The van der Waals surface area contributed by atoms with E-state index in [1.54, 1.807) is 0 Å². The van der Waals surface area contributed by atoms with E-state index in [9.17, 15) is 4.79 Å². The summed E-state index contributed by atoms with van der Waals surface area (Å²) >= 11 is 3.42. The molecule has 2 rings (SSSR count). The number of amides is 1. The van der Waals surface area contributed by atoms with E-state index >= 15 is 0 Å². The van der Waals surface area contributed by atoms with Crippen molar-refractivity contribution in [3.63, 3.8) is 0 Å². The van der Waals surface area contributed by atoms with Crippen molar-refractivity contribution in [3.8, 4) is 0 Å². The molecule has 1 aromatic rings. The number of hydrogen-bond acceptors (Lipinski definition) is 3. The molecule has 1 atom stereocenters. The number of anilines is 1. The monoisotopic (exact) mass is 353 g/mol. The third-order valence-electron chi connectivity index (χ3n) is 3.69. The molecule has 0 spiro atoms. The van der Waals surface area contributed by atoms with Crippen molar-refractivity contribution in [2.24, 2.45) is 5.92 Å². The maximum absolute atomic E-state index is 11.9. The van der Waals surface area contributed by atoms with Crippen molar-refractivity contribution in [2.75, 3.05) is 38.0 Å². The van der Waals surface area contributed by atoms with Gasteiger partial charge in [-0.05, 0) is 66.5 Å². The molecule has 116 valence electrons. The molecule has 0 bridgehead atoms. The van der Waals surface area contributed by atoms with Crippen LogP contribution in [-0.4, -0.2) is 43.5 Å². The van der Waals surface area contributed by atoms with Crippen LogP contribution in [0.1, 0.15) is 19.8 Å². The zero-order chi connectivity index (χ0) is 15.1. The molecule has 2 N–H and O–H groups in total. The van der Waals surface area contributed by atoms with Crippen LogP contribution in [0, 0.1) is 5.92 Å². The first-order valence-corrected chi connectivity index (χ1v) is 8.42. The third kappa shape index (κ3) is 5.77. The Balaban J connectivity index is 1.63. The van der Waals surface area contributed by atoms with E-state index < -0.39 is 0 Å². The summed E-state index contributed by atoms with van der Waals surface area (Å²) in [4.78, 5) is 14.4.